The van der Waals surface area contributed by atoms with E-state index >= 15 is 0 Å². The zero-order chi connectivity index (χ0) is 17.6. The van der Waals surface area contributed by atoms with Crippen LogP contribution in [0.4, 0.5) is 0 Å². The van der Waals surface area contributed by atoms with Crippen molar-refractivity contribution in [1.29, 1.82) is 0 Å². The smallest absolute Gasteiger partial charge is 0.383 e. The van der Waals surface area contributed by atoms with Gasteiger partial charge >= 0.3 is 11.3 Å². The third kappa shape index (κ3) is 2.49. The van der Waals surface area contributed by atoms with Crippen molar-refractivity contribution in [2.75, 3.05) is 0 Å². The van der Waals surface area contributed by atoms with E-state index in [1.165, 1.54) is 0 Å². The predicted molar refractivity (Wildman–Crippen MR) is 94.4 cm³/mol. The van der Waals surface area contributed by atoms with Gasteiger partial charge in [-0.2, -0.15) is 0 Å². The summed E-state index contributed by atoms with van der Waals surface area (Å²) in [7, 11) is 0. The van der Waals surface area contributed by atoms with Crippen molar-refractivity contribution >= 4 is 37.9 Å². The summed E-state index contributed by atoms with van der Waals surface area (Å²) in [5.74, 6) is -0.712. The monoisotopic (exact) mass is 400 g/mol. The lowest BCUT2D eigenvalue weighted by atomic mass is 10.2. The van der Waals surface area contributed by atoms with Crippen molar-refractivity contribution in [3.05, 3.63) is 73.8 Å². The van der Waals surface area contributed by atoms with Crippen LogP contribution in [-0.4, -0.2) is 5.11 Å². The lowest BCUT2D eigenvalue weighted by Crippen LogP contribution is -2.07. The first-order chi connectivity index (χ1) is 12.1. The molecule has 0 atom stereocenters. The summed E-state index contributed by atoms with van der Waals surface area (Å²) < 4.78 is 15.9. The van der Waals surface area contributed by atoms with Gasteiger partial charge in [0.1, 0.15) is 15.6 Å². The number of hydrogen-bond donors (Lipinski definition) is 1. The maximum atomic E-state index is 12.2. The van der Waals surface area contributed by atoms with Crippen LogP contribution in [0.15, 0.2) is 71.4 Å². The van der Waals surface area contributed by atoms with Crippen molar-refractivity contribution in [3.63, 3.8) is 0 Å². The minimum absolute atomic E-state index is 0.00170. The van der Waals surface area contributed by atoms with Crippen LogP contribution in [0.3, 0.4) is 0 Å². The normalized spacial score (nSPS) is 11.1. The van der Waals surface area contributed by atoms with E-state index in [2.05, 4.69) is 15.9 Å². The minimum Gasteiger partial charge on any atom is -0.504 e. The van der Waals surface area contributed by atoms with Crippen molar-refractivity contribution in [2.24, 2.45) is 0 Å². The summed E-state index contributed by atoms with van der Waals surface area (Å²) in [5.41, 5.74) is -1.01. The SMILES string of the molecule is O=c1oc2ccccc2c(Oc2c(O)c3ccccc3oc2=O)c1Br. The van der Waals surface area contributed by atoms with Crippen LogP contribution in [-0.2, 0) is 0 Å². The second kappa shape index (κ2) is 5.78. The quantitative estimate of drug-likeness (QED) is 0.508. The first-order valence-electron chi connectivity index (χ1n) is 7.20. The Hall–Kier alpha value is -3.06. The molecule has 1 N–H and O–H groups in total. The molecule has 2 heterocycles. The van der Waals surface area contributed by atoms with Gasteiger partial charge < -0.3 is 18.7 Å². The fourth-order valence-corrected chi connectivity index (χ4v) is 2.88. The highest BCUT2D eigenvalue weighted by Crippen LogP contribution is 2.38. The third-order valence-electron chi connectivity index (χ3n) is 3.66. The fraction of sp³-hybridized carbons (Fsp3) is 0. The summed E-state index contributed by atoms with van der Waals surface area (Å²) in [6.45, 7) is 0. The van der Waals surface area contributed by atoms with Gasteiger partial charge in [-0.1, -0.05) is 24.3 Å². The molecule has 6 nitrogen and oxygen atoms in total. The van der Waals surface area contributed by atoms with Crippen molar-refractivity contribution in [1.82, 2.24) is 0 Å². The summed E-state index contributed by atoms with van der Waals surface area (Å²) in [6.07, 6.45) is 0. The number of ether oxygens (including phenoxy) is 1. The Balaban J connectivity index is 1.99. The van der Waals surface area contributed by atoms with Gasteiger partial charge in [0.05, 0.1) is 10.8 Å². The summed E-state index contributed by atoms with van der Waals surface area (Å²) in [4.78, 5) is 24.2. The maximum Gasteiger partial charge on any atom is 0.383 e. The van der Waals surface area contributed by atoms with E-state index in [1.54, 1.807) is 48.5 Å². The van der Waals surface area contributed by atoms with Crippen molar-refractivity contribution in [2.45, 2.75) is 0 Å². The Kier molecular flexibility index (Phi) is 3.58. The number of rotatable bonds is 2. The van der Waals surface area contributed by atoms with E-state index in [0.29, 0.717) is 10.8 Å². The number of benzene rings is 2. The van der Waals surface area contributed by atoms with Gasteiger partial charge in [-0.15, -0.1) is 0 Å². The van der Waals surface area contributed by atoms with Crippen LogP contribution in [0.2, 0.25) is 0 Å². The Morgan fingerprint density at radius 2 is 1.36 bits per heavy atom. The molecule has 7 heteroatoms. The first-order valence-corrected chi connectivity index (χ1v) is 7.99. The highest BCUT2D eigenvalue weighted by Gasteiger charge is 2.20. The average Bonchev–Trinajstić information content (AvgIpc) is 2.61. The highest BCUT2D eigenvalue weighted by molar-refractivity contribution is 9.10. The zero-order valence-corrected chi connectivity index (χ0v) is 14.1. The predicted octanol–water partition coefficient (Wildman–Crippen LogP) is 4.16. The van der Waals surface area contributed by atoms with Crippen molar-refractivity contribution in [3.8, 4) is 17.2 Å². The van der Waals surface area contributed by atoms with E-state index in [4.69, 9.17) is 13.6 Å². The second-order valence-electron chi connectivity index (χ2n) is 5.19. The Morgan fingerprint density at radius 3 is 2.08 bits per heavy atom. The van der Waals surface area contributed by atoms with Gasteiger partial charge in [0.15, 0.2) is 11.5 Å². The molecule has 0 spiro atoms. The molecule has 0 saturated carbocycles. The van der Waals surface area contributed by atoms with E-state index in [0.717, 1.165) is 0 Å². The lowest BCUT2D eigenvalue weighted by molar-refractivity contribution is 0.385. The minimum atomic E-state index is -0.861. The van der Waals surface area contributed by atoms with E-state index in [1.807, 2.05) is 0 Å². The van der Waals surface area contributed by atoms with Gasteiger partial charge in [-0.3, -0.25) is 0 Å². The molecular weight excluding hydrogens is 392 g/mol. The second-order valence-corrected chi connectivity index (χ2v) is 5.99. The number of halogens is 1. The number of para-hydroxylation sites is 2. The molecule has 0 fully saturated rings. The molecule has 124 valence electrons. The number of fused-ring (bicyclic) bond motifs is 2. The van der Waals surface area contributed by atoms with Crippen LogP contribution < -0.4 is 16.0 Å². The van der Waals surface area contributed by atoms with Gasteiger partial charge in [-0.25, -0.2) is 9.59 Å². The number of hydrogen-bond acceptors (Lipinski definition) is 6. The maximum absolute atomic E-state index is 12.2. The molecule has 2 aromatic heterocycles. The summed E-state index contributed by atoms with van der Waals surface area (Å²) in [5, 5.41) is 11.2. The van der Waals surface area contributed by atoms with Crippen LogP contribution >= 0.6 is 15.9 Å². The Bertz CT molecular complexity index is 1240. The molecule has 2 aromatic carbocycles. The third-order valence-corrected chi connectivity index (χ3v) is 4.35. The van der Waals surface area contributed by atoms with Crippen LogP contribution in [0.25, 0.3) is 21.9 Å². The topological polar surface area (TPSA) is 89.9 Å². The van der Waals surface area contributed by atoms with E-state index in [9.17, 15) is 14.7 Å². The average molecular weight is 401 g/mol. The van der Waals surface area contributed by atoms with Gasteiger partial charge in [0, 0.05) is 0 Å². The van der Waals surface area contributed by atoms with Crippen LogP contribution in [0.5, 0.6) is 17.2 Å². The first kappa shape index (κ1) is 15.5. The molecule has 0 aliphatic heterocycles. The lowest BCUT2D eigenvalue weighted by Gasteiger charge is -2.11. The molecular formula is C18H9BrO6. The van der Waals surface area contributed by atoms with E-state index in [-0.39, 0.29) is 27.1 Å². The Labute approximate surface area is 148 Å². The van der Waals surface area contributed by atoms with E-state index < -0.39 is 17.0 Å². The van der Waals surface area contributed by atoms with Gasteiger partial charge in [0.2, 0.25) is 0 Å². The molecule has 0 unspecified atom stereocenters. The molecule has 0 saturated heterocycles. The molecule has 0 aliphatic rings. The summed E-state index contributed by atoms with van der Waals surface area (Å²) >= 11 is 3.11. The zero-order valence-electron chi connectivity index (χ0n) is 12.5. The molecule has 0 radical (unpaired) electrons. The molecule has 0 amide bonds. The fourth-order valence-electron chi connectivity index (χ4n) is 2.51. The van der Waals surface area contributed by atoms with Crippen molar-refractivity contribution < 1.29 is 18.7 Å². The highest BCUT2D eigenvalue weighted by atomic mass is 79.9. The Morgan fingerprint density at radius 1 is 0.800 bits per heavy atom. The number of aromatic hydroxyl groups is 1. The van der Waals surface area contributed by atoms with Gasteiger partial charge in [0.25, 0.3) is 5.75 Å². The molecule has 4 rings (SSSR count). The van der Waals surface area contributed by atoms with Gasteiger partial charge in [-0.05, 0) is 40.2 Å². The molecule has 0 aliphatic carbocycles. The standard InChI is InChI=1S/C18H9BrO6/c19-13-15(10-6-2-4-8-12(10)23-17(13)21)25-16-14(20)9-5-1-3-7-11(9)24-18(16)22/h1-8,20H. The van der Waals surface area contributed by atoms with Crippen LogP contribution in [0, 0.1) is 0 Å². The largest absolute Gasteiger partial charge is 0.504 e. The summed E-state index contributed by atoms with van der Waals surface area (Å²) in [6, 6.07) is 13.2. The molecule has 4 aromatic rings. The van der Waals surface area contributed by atoms with Crippen LogP contribution in [0.1, 0.15) is 0 Å². The molecule has 25 heavy (non-hydrogen) atoms. The molecule has 0 bridgehead atoms.